The molecule has 86 valence electrons. The van der Waals surface area contributed by atoms with E-state index in [-0.39, 0.29) is 12.5 Å². The first-order chi connectivity index (χ1) is 7.18. The number of piperazine rings is 1. The Morgan fingerprint density at radius 2 is 1.93 bits per heavy atom. The van der Waals surface area contributed by atoms with Crippen molar-refractivity contribution in [3.05, 3.63) is 0 Å². The number of aliphatic hydroxyl groups excluding tert-OH is 1. The van der Waals surface area contributed by atoms with Gasteiger partial charge in [-0.15, -0.1) is 0 Å². The van der Waals surface area contributed by atoms with Crippen molar-refractivity contribution >= 4 is 5.91 Å². The van der Waals surface area contributed by atoms with Crippen molar-refractivity contribution in [3.8, 4) is 0 Å². The standard InChI is InChI=1S/C10H18N2O3/c1-11-2-4-12(5-3-11)9(14)10(6-13)7-15-8-10/h13H,2-8H2,1H3. The molecule has 2 saturated heterocycles. The zero-order valence-corrected chi connectivity index (χ0v) is 9.11. The minimum Gasteiger partial charge on any atom is -0.395 e. The van der Waals surface area contributed by atoms with E-state index < -0.39 is 5.41 Å². The zero-order chi connectivity index (χ0) is 10.9. The van der Waals surface area contributed by atoms with E-state index in [1.54, 1.807) is 0 Å². The lowest BCUT2D eigenvalue weighted by Gasteiger charge is -2.43. The summed E-state index contributed by atoms with van der Waals surface area (Å²) in [6, 6.07) is 0. The van der Waals surface area contributed by atoms with Crippen molar-refractivity contribution < 1.29 is 14.6 Å². The van der Waals surface area contributed by atoms with E-state index in [0.717, 1.165) is 26.2 Å². The van der Waals surface area contributed by atoms with Crippen LogP contribution in [0.4, 0.5) is 0 Å². The molecule has 15 heavy (non-hydrogen) atoms. The van der Waals surface area contributed by atoms with Gasteiger partial charge in [0, 0.05) is 26.2 Å². The molecule has 1 amide bonds. The molecule has 0 bridgehead atoms. The summed E-state index contributed by atoms with van der Waals surface area (Å²) in [6.07, 6.45) is 0. The van der Waals surface area contributed by atoms with Gasteiger partial charge >= 0.3 is 0 Å². The first kappa shape index (κ1) is 10.9. The molecule has 0 spiro atoms. The van der Waals surface area contributed by atoms with Crippen LogP contribution in [0.5, 0.6) is 0 Å². The normalized spacial score (nSPS) is 26.1. The summed E-state index contributed by atoms with van der Waals surface area (Å²) in [4.78, 5) is 16.2. The molecule has 0 aromatic heterocycles. The molecule has 0 atom stereocenters. The summed E-state index contributed by atoms with van der Waals surface area (Å²) < 4.78 is 5.04. The maximum Gasteiger partial charge on any atom is 0.235 e. The second-order valence-corrected chi connectivity index (χ2v) is 4.53. The Labute approximate surface area is 89.6 Å². The van der Waals surface area contributed by atoms with Crippen LogP contribution in [-0.2, 0) is 9.53 Å². The second kappa shape index (κ2) is 4.08. The molecule has 0 aromatic rings. The molecule has 0 unspecified atom stereocenters. The highest BCUT2D eigenvalue weighted by atomic mass is 16.5. The second-order valence-electron chi connectivity index (χ2n) is 4.53. The Morgan fingerprint density at radius 1 is 1.33 bits per heavy atom. The molecule has 0 saturated carbocycles. The first-order valence-electron chi connectivity index (χ1n) is 5.34. The molecule has 2 rings (SSSR count). The van der Waals surface area contributed by atoms with E-state index in [2.05, 4.69) is 11.9 Å². The molecule has 0 aromatic carbocycles. The topological polar surface area (TPSA) is 53.0 Å². The van der Waals surface area contributed by atoms with Crippen LogP contribution in [0.2, 0.25) is 0 Å². The number of hydrogen-bond acceptors (Lipinski definition) is 4. The minimum atomic E-state index is -0.629. The molecule has 2 aliphatic heterocycles. The number of likely N-dealkylation sites (N-methyl/N-ethyl adjacent to an activating group) is 1. The van der Waals surface area contributed by atoms with Crippen LogP contribution in [-0.4, -0.2) is 73.9 Å². The van der Waals surface area contributed by atoms with E-state index in [0.29, 0.717) is 13.2 Å². The molecular weight excluding hydrogens is 196 g/mol. The number of carbonyl (C=O) groups is 1. The summed E-state index contributed by atoms with van der Waals surface area (Å²) in [5.41, 5.74) is -0.629. The van der Waals surface area contributed by atoms with Gasteiger partial charge in [-0.05, 0) is 7.05 Å². The third-order valence-corrected chi connectivity index (χ3v) is 3.30. The molecule has 2 aliphatic rings. The summed E-state index contributed by atoms with van der Waals surface area (Å²) >= 11 is 0. The van der Waals surface area contributed by atoms with Gasteiger partial charge in [-0.25, -0.2) is 0 Å². The fourth-order valence-corrected chi connectivity index (χ4v) is 1.98. The number of hydrogen-bond donors (Lipinski definition) is 1. The van der Waals surface area contributed by atoms with Gasteiger partial charge in [-0.2, -0.15) is 0 Å². The van der Waals surface area contributed by atoms with Crippen LogP contribution in [0.15, 0.2) is 0 Å². The fraction of sp³-hybridized carbons (Fsp3) is 0.900. The van der Waals surface area contributed by atoms with Crippen molar-refractivity contribution in [1.29, 1.82) is 0 Å². The number of aliphatic hydroxyl groups is 1. The monoisotopic (exact) mass is 214 g/mol. The van der Waals surface area contributed by atoms with E-state index in [1.807, 2.05) is 4.90 Å². The Kier molecular flexibility index (Phi) is 2.95. The average Bonchev–Trinajstić information content (AvgIpc) is 2.18. The van der Waals surface area contributed by atoms with E-state index in [9.17, 15) is 9.90 Å². The van der Waals surface area contributed by atoms with Crippen LogP contribution in [0, 0.1) is 5.41 Å². The summed E-state index contributed by atoms with van der Waals surface area (Å²) in [5, 5.41) is 9.25. The van der Waals surface area contributed by atoms with Gasteiger partial charge in [0.1, 0.15) is 5.41 Å². The predicted octanol–water partition coefficient (Wildman–Crippen LogP) is -1.23. The summed E-state index contributed by atoms with van der Waals surface area (Å²) in [7, 11) is 2.05. The van der Waals surface area contributed by atoms with Gasteiger partial charge in [-0.1, -0.05) is 0 Å². The van der Waals surface area contributed by atoms with Crippen molar-refractivity contribution in [1.82, 2.24) is 9.80 Å². The lowest BCUT2D eigenvalue weighted by molar-refractivity contribution is -0.181. The number of carbonyl (C=O) groups excluding carboxylic acids is 1. The SMILES string of the molecule is CN1CCN(C(=O)C2(CO)COC2)CC1. The smallest absolute Gasteiger partial charge is 0.235 e. The molecule has 1 N–H and O–H groups in total. The maximum absolute atomic E-state index is 12.1. The maximum atomic E-state index is 12.1. The Balaban J connectivity index is 1.95. The molecule has 5 heteroatoms. The largest absolute Gasteiger partial charge is 0.395 e. The Morgan fingerprint density at radius 3 is 2.33 bits per heavy atom. The molecule has 0 aliphatic carbocycles. The Bertz CT molecular complexity index is 240. The molecule has 2 fully saturated rings. The first-order valence-corrected chi connectivity index (χ1v) is 5.34. The lowest BCUT2D eigenvalue weighted by atomic mass is 9.85. The molecule has 0 radical (unpaired) electrons. The minimum absolute atomic E-state index is 0.0596. The van der Waals surface area contributed by atoms with Crippen LogP contribution < -0.4 is 0 Å². The average molecular weight is 214 g/mol. The number of nitrogens with zero attached hydrogens (tertiary/aromatic N) is 2. The third-order valence-electron chi connectivity index (χ3n) is 3.30. The van der Waals surface area contributed by atoms with Crippen LogP contribution in [0.25, 0.3) is 0 Å². The quantitative estimate of drug-likeness (QED) is 0.625. The molecule has 5 nitrogen and oxygen atoms in total. The fourth-order valence-electron chi connectivity index (χ4n) is 1.98. The summed E-state index contributed by atoms with van der Waals surface area (Å²) in [5.74, 6) is 0.0596. The number of ether oxygens (including phenoxy) is 1. The van der Waals surface area contributed by atoms with Gasteiger partial charge in [-0.3, -0.25) is 4.79 Å². The van der Waals surface area contributed by atoms with Gasteiger partial charge in [0.15, 0.2) is 0 Å². The lowest BCUT2D eigenvalue weighted by Crippen LogP contribution is -2.60. The van der Waals surface area contributed by atoms with Crippen molar-refractivity contribution in [2.45, 2.75) is 0 Å². The van der Waals surface area contributed by atoms with Crippen molar-refractivity contribution in [3.63, 3.8) is 0 Å². The van der Waals surface area contributed by atoms with Crippen LogP contribution in [0.3, 0.4) is 0 Å². The van der Waals surface area contributed by atoms with Crippen LogP contribution in [0.1, 0.15) is 0 Å². The van der Waals surface area contributed by atoms with Gasteiger partial charge in [0.2, 0.25) is 5.91 Å². The summed E-state index contributed by atoms with van der Waals surface area (Å²) in [6.45, 7) is 3.98. The van der Waals surface area contributed by atoms with Gasteiger partial charge in [0.25, 0.3) is 0 Å². The zero-order valence-electron chi connectivity index (χ0n) is 9.11. The molecular formula is C10H18N2O3. The highest BCUT2D eigenvalue weighted by Crippen LogP contribution is 2.29. The van der Waals surface area contributed by atoms with E-state index >= 15 is 0 Å². The van der Waals surface area contributed by atoms with Gasteiger partial charge in [0.05, 0.1) is 19.8 Å². The number of rotatable bonds is 2. The number of amides is 1. The van der Waals surface area contributed by atoms with E-state index in [1.165, 1.54) is 0 Å². The highest BCUT2D eigenvalue weighted by Gasteiger charge is 2.47. The van der Waals surface area contributed by atoms with Crippen molar-refractivity contribution in [2.75, 3.05) is 53.0 Å². The van der Waals surface area contributed by atoms with Crippen molar-refractivity contribution in [2.24, 2.45) is 5.41 Å². The Hall–Kier alpha value is -0.650. The van der Waals surface area contributed by atoms with Crippen LogP contribution >= 0.6 is 0 Å². The third kappa shape index (κ3) is 1.87. The predicted molar refractivity (Wildman–Crippen MR) is 54.4 cm³/mol. The van der Waals surface area contributed by atoms with Gasteiger partial charge < -0.3 is 19.6 Å². The van der Waals surface area contributed by atoms with E-state index in [4.69, 9.17) is 4.74 Å². The molecule has 2 heterocycles. The highest BCUT2D eigenvalue weighted by molar-refractivity contribution is 5.84.